The molecular formula is C16H23ClN2S. The number of nitrogens with zero attached hydrogens (tertiary/aromatic N) is 1. The topological polar surface area (TPSA) is 20.7 Å². The summed E-state index contributed by atoms with van der Waals surface area (Å²) in [6, 6.07) is 5.95. The van der Waals surface area contributed by atoms with E-state index in [1.165, 1.54) is 25.7 Å². The minimum Gasteiger partial charge on any atom is -0.329 e. The SMILES string of the molecule is CCCCCC(C)(C)Cn1c(=S)[nH]c2c(Cl)cccc21. The van der Waals surface area contributed by atoms with E-state index in [0.717, 1.165) is 27.4 Å². The molecule has 1 heterocycles. The van der Waals surface area contributed by atoms with E-state index < -0.39 is 0 Å². The van der Waals surface area contributed by atoms with Crippen LogP contribution in [0.15, 0.2) is 18.2 Å². The zero-order chi connectivity index (χ0) is 14.8. The van der Waals surface area contributed by atoms with Gasteiger partial charge in [-0.05, 0) is 36.2 Å². The zero-order valence-electron chi connectivity index (χ0n) is 12.5. The molecule has 1 N–H and O–H groups in total. The quantitative estimate of drug-likeness (QED) is 0.516. The molecule has 0 fully saturated rings. The van der Waals surface area contributed by atoms with E-state index in [-0.39, 0.29) is 5.41 Å². The number of unbranched alkanes of at least 4 members (excludes halogenated alkanes) is 2. The van der Waals surface area contributed by atoms with Crippen LogP contribution < -0.4 is 0 Å². The Morgan fingerprint density at radius 2 is 2.05 bits per heavy atom. The fourth-order valence-corrected chi connectivity index (χ4v) is 3.14. The summed E-state index contributed by atoms with van der Waals surface area (Å²) in [5.74, 6) is 0. The Bertz CT molecular complexity index is 639. The number of hydrogen-bond donors (Lipinski definition) is 1. The fraction of sp³-hybridized carbons (Fsp3) is 0.562. The van der Waals surface area contributed by atoms with Crippen LogP contribution in [0.25, 0.3) is 11.0 Å². The molecule has 0 radical (unpaired) electrons. The van der Waals surface area contributed by atoms with Gasteiger partial charge in [0.05, 0.1) is 16.1 Å². The summed E-state index contributed by atoms with van der Waals surface area (Å²) in [7, 11) is 0. The maximum atomic E-state index is 6.23. The van der Waals surface area contributed by atoms with Gasteiger partial charge in [-0.3, -0.25) is 0 Å². The maximum absolute atomic E-state index is 6.23. The van der Waals surface area contributed by atoms with E-state index in [2.05, 4.69) is 36.4 Å². The van der Waals surface area contributed by atoms with E-state index in [1.807, 2.05) is 12.1 Å². The van der Waals surface area contributed by atoms with Crippen molar-refractivity contribution in [2.24, 2.45) is 5.41 Å². The van der Waals surface area contributed by atoms with Crippen molar-refractivity contribution in [1.29, 1.82) is 0 Å². The first-order chi connectivity index (χ1) is 9.44. The van der Waals surface area contributed by atoms with Crippen LogP contribution in [0, 0.1) is 10.2 Å². The fourth-order valence-electron chi connectivity index (χ4n) is 2.66. The van der Waals surface area contributed by atoms with Crippen molar-refractivity contribution in [3.8, 4) is 0 Å². The van der Waals surface area contributed by atoms with Crippen LogP contribution in [-0.2, 0) is 6.54 Å². The summed E-state index contributed by atoms with van der Waals surface area (Å²) in [6.45, 7) is 7.79. The van der Waals surface area contributed by atoms with Crippen molar-refractivity contribution in [3.05, 3.63) is 28.0 Å². The molecule has 0 aliphatic carbocycles. The minimum absolute atomic E-state index is 0.241. The number of imidazole rings is 1. The summed E-state index contributed by atoms with van der Waals surface area (Å²) in [6.07, 6.45) is 5.06. The van der Waals surface area contributed by atoms with Crippen LogP contribution in [0.5, 0.6) is 0 Å². The van der Waals surface area contributed by atoms with Gasteiger partial charge in [0, 0.05) is 6.54 Å². The average molecular weight is 311 g/mol. The Kier molecular flexibility index (Phi) is 4.92. The van der Waals surface area contributed by atoms with Crippen molar-refractivity contribution in [2.75, 3.05) is 0 Å². The van der Waals surface area contributed by atoms with Crippen molar-refractivity contribution in [2.45, 2.75) is 53.0 Å². The van der Waals surface area contributed by atoms with E-state index in [1.54, 1.807) is 0 Å². The highest BCUT2D eigenvalue weighted by Gasteiger charge is 2.20. The van der Waals surface area contributed by atoms with Gasteiger partial charge in [0.1, 0.15) is 0 Å². The van der Waals surface area contributed by atoms with E-state index >= 15 is 0 Å². The Labute approximate surface area is 131 Å². The molecule has 0 bridgehead atoms. The van der Waals surface area contributed by atoms with Gasteiger partial charge < -0.3 is 9.55 Å². The third-order valence-corrected chi connectivity index (χ3v) is 4.44. The van der Waals surface area contributed by atoms with E-state index in [0.29, 0.717) is 0 Å². The highest BCUT2D eigenvalue weighted by atomic mass is 35.5. The molecule has 0 spiro atoms. The monoisotopic (exact) mass is 310 g/mol. The van der Waals surface area contributed by atoms with Gasteiger partial charge in [-0.1, -0.05) is 57.7 Å². The summed E-state index contributed by atoms with van der Waals surface area (Å²) >= 11 is 11.7. The van der Waals surface area contributed by atoms with Crippen molar-refractivity contribution in [1.82, 2.24) is 9.55 Å². The minimum atomic E-state index is 0.241. The second kappa shape index (κ2) is 6.31. The molecule has 1 aromatic heterocycles. The number of fused-ring (bicyclic) bond motifs is 1. The van der Waals surface area contributed by atoms with Gasteiger partial charge in [-0.2, -0.15) is 0 Å². The molecule has 0 aliphatic rings. The van der Waals surface area contributed by atoms with Crippen molar-refractivity contribution in [3.63, 3.8) is 0 Å². The first-order valence-electron chi connectivity index (χ1n) is 7.31. The van der Waals surface area contributed by atoms with Crippen LogP contribution in [0.1, 0.15) is 46.5 Å². The van der Waals surface area contributed by atoms with Gasteiger partial charge >= 0.3 is 0 Å². The number of aromatic nitrogens is 2. The summed E-state index contributed by atoms with van der Waals surface area (Å²) in [4.78, 5) is 3.23. The molecule has 110 valence electrons. The Morgan fingerprint density at radius 1 is 1.30 bits per heavy atom. The predicted molar refractivity (Wildman–Crippen MR) is 90.1 cm³/mol. The summed E-state index contributed by atoms with van der Waals surface area (Å²) in [5.41, 5.74) is 2.29. The largest absolute Gasteiger partial charge is 0.329 e. The highest BCUT2D eigenvalue weighted by Crippen LogP contribution is 2.29. The number of rotatable bonds is 6. The molecule has 0 aliphatic heterocycles. The number of nitrogens with one attached hydrogen (secondary N) is 1. The molecule has 0 atom stereocenters. The van der Waals surface area contributed by atoms with E-state index in [9.17, 15) is 0 Å². The highest BCUT2D eigenvalue weighted by molar-refractivity contribution is 7.71. The van der Waals surface area contributed by atoms with Crippen LogP contribution in [-0.4, -0.2) is 9.55 Å². The first-order valence-corrected chi connectivity index (χ1v) is 8.10. The molecule has 2 nitrogen and oxygen atoms in total. The van der Waals surface area contributed by atoms with E-state index in [4.69, 9.17) is 23.8 Å². The van der Waals surface area contributed by atoms with Gasteiger partial charge in [0.15, 0.2) is 4.77 Å². The number of H-pyrrole nitrogens is 1. The molecule has 2 rings (SSSR count). The molecule has 0 unspecified atom stereocenters. The normalized spacial score (nSPS) is 12.2. The Hall–Kier alpha value is -0.800. The smallest absolute Gasteiger partial charge is 0.178 e. The van der Waals surface area contributed by atoms with Crippen LogP contribution in [0.4, 0.5) is 0 Å². The van der Waals surface area contributed by atoms with Gasteiger partial charge in [0.2, 0.25) is 0 Å². The first kappa shape index (κ1) is 15.6. The third-order valence-electron chi connectivity index (χ3n) is 3.80. The number of para-hydroxylation sites is 1. The Morgan fingerprint density at radius 3 is 2.75 bits per heavy atom. The lowest BCUT2D eigenvalue weighted by Crippen LogP contribution is -2.19. The van der Waals surface area contributed by atoms with Crippen LogP contribution >= 0.6 is 23.8 Å². The number of halogens is 1. The zero-order valence-corrected chi connectivity index (χ0v) is 14.1. The Balaban J connectivity index is 2.27. The maximum Gasteiger partial charge on any atom is 0.178 e. The van der Waals surface area contributed by atoms with Gasteiger partial charge in [0.25, 0.3) is 0 Å². The molecule has 1 aromatic carbocycles. The molecule has 2 aromatic rings. The molecule has 20 heavy (non-hydrogen) atoms. The second-order valence-electron chi connectivity index (χ2n) is 6.27. The molecule has 0 saturated heterocycles. The van der Waals surface area contributed by atoms with Crippen molar-refractivity contribution < 1.29 is 0 Å². The average Bonchev–Trinajstić information content (AvgIpc) is 2.68. The predicted octanol–water partition coefficient (Wildman–Crippen LogP) is 5.96. The number of benzene rings is 1. The van der Waals surface area contributed by atoms with Gasteiger partial charge in [-0.25, -0.2) is 0 Å². The molecule has 4 heteroatoms. The summed E-state index contributed by atoms with van der Waals surface area (Å²) in [5, 5.41) is 0.733. The lowest BCUT2D eigenvalue weighted by atomic mass is 9.87. The van der Waals surface area contributed by atoms with Crippen LogP contribution in [0.2, 0.25) is 5.02 Å². The van der Waals surface area contributed by atoms with Crippen LogP contribution in [0.3, 0.4) is 0 Å². The molecule has 0 amide bonds. The summed E-state index contributed by atoms with van der Waals surface area (Å²) < 4.78 is 2.94. The molecular weight excluding hydrogens is 288 g/mol. The lowest BCUT2D eigenvalue weighted by Gasteiger charge is -2.25. The number of hydrogen-bond acceptors (Lipinski definition) is 1. The van der Waals surface area contributed by atoms with Crippen molar-refractivity contribution >= 4 is 34.9 Å². The third kappa shape index (κ3) is 3.44. The standard InChI is InChI=1S/C16H23ClN2S/c1-4-5-6-10-16(2,3)11-19-13-9-7-8-12(17)14(13)18-15(19)20/h7-9H,4-6,10-11H2,1-3H3,(H,18,20). The molecule has 0 saturated carbocycles. The lowest BCUT2D eigenvalue weighted by molar-refractivity contribution is 0.273. The van der Waals surface area contributed by atoms with Gasteiger partial charge in [-0.15, -0.1) is 0 Å². The number of aromatic amines is 1. The second-order valence-corrected chi connectivity index (χ2v) is 7.07.